The molecule has 0 spiro atoms. The lowest BCUT2D eigenvalue weighted by Gasteiger charge is -2.30. The van der Waals surface area contributed by atoms with Crippen LogP contribution >= 0.6 is 11.5 Å². The summed E-state index contributed by atoms with van der Waals surface area (Å²) >= 11 is 0.830. The van der Waals surface area contributed by atoms with Crippen LogP contribution in [0.15, 0.2) is 0 Å². The van der Waals surface area contributed by atoms with E-state index >= 15 is 0 Å². The Morgan fingerprint density at radius 3 is 2.75 bits per heavy atom. The minimum atomic E-state index is -4.46. The van der Waals surface area contributed by atoms with Gasteiger partial charge in [0.15, 0.2) is 0 Å². The van der Waals surface area contributed by atoms with Crippen molar-refractivity contribution < 1.29 is 13.2 Å². The molecule has 2 heterocycles. The predicted molar refractivity (Wildman–Crippen MR) is 73.1 cm³/mol. The molecule has 1 unspecified atom stereocenters. The van der Waals surface area contributed by atoms with Crippen LogP contribution in [-0.2, 0) is 6.18 Å². The van der Waals surface area contributed by atoms with Crippen molar-refractivity contribution in [2.24, 2.45) is 0 Å². The van der Waals surface area contributed by atoms with Gasteiger partial charge in [0.25, 0.3) is 0 Å². The fourth-order valence-corrected chi connectivity index (χ4v) is 3.06. The lowest BCUT2D eigenvalue weighted by molar-refractivity contribution is -0.144. The fourth-order valence-electron chi connectivity index (χ4n) is 2.34. The standard InChI is InChI=1S/C12H19F3N4S/c1-2-7-19(8-9-5-3-4-6-16-9)11-17-10(18-20-11)12(13,14)15/h9,16H,2-8H2,1H3. The summed E-state index contributed by atoms with van der Waals surface area (Å²) in [6.07, 6.45) is -0.197. The highest BCUT2D eigenvalue weighted by Gasteiger charge is 2.36. The van der Waals surface area contributed by atoms with Crippen molar-refractivity contribution in [3.8, 4) is 0 Å². The number of hydrogen-bond donors (Lipinski definition) is 1. The molecule has 1 aliphatic rings. The van der Waals surface area contributed by atoms with Crippen molar-refractivity contribution in [2.45, 2.75) is 44.8 Å². The van der Waals surface area contributed by atoms with Gasteiger partial charge in [-0.2, -0.15) is 22.5 Å². The van der Waals surface area contributed by atoms with Crippen molar-refractivity contribution in [3.63, 3.8) is 0 Å². The Morgan fingerprint density at radius 1 is 1.40 bits per heavy atom. The summed E-state index contributed by atoms with van der Waals surface area (Å²) in [5.74, 6) is -1.03. The minimum absolute atomic E-state index is 0.327. The number of anilines is 1. The smallest absolute Gasteiger partial charge is 0.345 e. The van der Waals surface area contributed by atoms with E-state index in [0.717, 1.165) is 30.9 Å². The van der Waals surface area contributed by atoms with Crippen LogP contribution in [0.3, 0.4) is 0 Å². The summed E-state index contributed by atoms with van der Waals surface area (Å²) in [6.45, 7) is 4.38. The van der Waals surface area contributed by atoms with Gasteiger partial charge in [-0.25, -0.2) is 0 Å². The number of halogens is 3. The first-order chi connectivity index (χ1) is 9.50. The molecule has 1 aromatic rings. The number of hydrogen-bond acceptors (Lipinski definition) is 5. The lowest BCUT2D eigenvalue weighted by atomic mass is 10.0. The van der Waals surface area contributed by atoms with Gasteiger partial charge in [-0.05, 0) is 25.8 Å². The molecule has 1 fully saturated rings. The van der Waals surface area contributed by atoms with Crippen LogP contribution in [0.25, 0.3) is 0 Å². The second-order valence-corrected chi connectivity index (χ2v) is 5.72. The SMILES string of the molecule is CCCN(CC1CCCCN1)c1nc(C(F)(F)F)ns1. The van der Waals surface area contributed by atoms with E-state index in [1.54, 1.807) is 0 Å². The Bertz CT molecular complexity index is 415. The van der Waals surface area contributed by atoms with Crippen molar-refractivity contribution in [2.75, 3.05) is 24.5 Å². The molecule has 114 valence electrons. The monoisotopic (exact) mass is 308 g/mol. The Kier molecular flexibility index (Phi) is 5.20. The van der Waals surface area contributed by atoms with Crippen molar-refractivity contribution in [3.05, 3.63) is 5.82 Å². The topological polar surface area (TPSA) is 41.0 Å². The van der Waals surface area contributed by atoms with E-state index in [0.29, 0.717) is 24.3 Å². The molecule has 0 aliphatic carbocycles. The Balaban J connectivity index is 2.05. The van der Waals surface area contributed by atoms with E-state index in [1.807, 2.05) is 11.8 Å². The van der Waals surface area contributed by atoms with Crippen LogP contribution < -0.4 is 10.2 Å². The van der Waals surface area contributed by atoms with E-state index in [9.17, 15) is 13.2 Å². The van der Waals surface area contributed by atoms with Crippen LogP contribution in [0.1, 0.15) is 38.4 Å². The maximum absolute atomic E-state index is 12.6. The first kappa shape index (κ1) is 15.5. The quantitative estimate of drug-likeness (QED) is 0.908. The van der Waals surface area contributed by atoms with Crippen LogP contribution in [0.5, 0.6) is 0 Å². The van der Waals surface area contributed by atoms with Gasteiger partial charge in [0, 0.05) is 30.7 Å². The van der Waals surface area contributed by atoms with Crippen LogP contribution in [0.2, 0.25) is 0 Å². The molecule has 1 N–H and O–H groups in total. The van der Waals surface area contributed by atoms with Gasteiger partial charge in [0.2, 0.25) is 11.0 Å². The molecule has 0 aromatic carbocycles. The van der Waals surface area contributed by atoms with E-state index < -0.39 is 12.0 Å². The molecule has 2 rings (SSSR count). The highest BCUT2D eigenvalue weighted by atomic mass is 32.1. The molecular weight excluding hydrogens is 289 g/mol. The third kappa shape index (κ3) is 4.05. The molecule has 8 heteroatoms. The number of aromatic nitrogens is 2. The Hall–Kier alpha value is -0.890. The summed E-state index contributed by atoms with van der Waals surface area (Å²) in [4.78, 5) is 5.56. The van der Waals surface area contributed by atoms with Gasteiger partial charge in [0.1, 0.15) is 0 Å². The van der Waals surface area contributed by atoms with Gasteiger partial charge in [-0.1, -0.05) is 13.3 Å². The van der Waals surface area contributed by atoms with Crippen LogP contribution in [0, 0.1) is 0 Å². The highest BCUT2D eigenvalue weighted by Crippen LogP contribution is 2.30. The number of alkyl halides is 3. The summed E-state index contributed by atoms with van der Waals surface area (Å²) < 4.78 is 41.1. The maximum atomic E-state index is 12.6. The molecule has 1 aliphatic heterocycles. The van der Waals surface area contributed by atoms with Gasteiger partial charge < -0.3 is 10.2 Å². The van der Waals surface area contributed by atoms with E-state index in [-0.39, 0.29) is 0 Å². The number of piperidine rings is 1. The van der Waals surface area contributed by atoms with Gasteiger partial charge in [-0.3, -0.25) is 0 Å². The molecular formula is C12H19F3N4S. The van der Waals surface area contributed by atoms with Crippen molar-refractivity contribution in [1.29, 1.82) is 0 Å². The summed E-state index contributed by atoms with van der Waals surface area (Å²) in [7, 11) is 0. The zero-order chi connectivity index (χ0) is 14.6. The molecule has 1 aromatic heterocycles. The largest absolute Gasteiger partial charge is 0.452 e. The molecule has 1 saturated heterocycles. The third-order valence-corrected chi connectivity index (χ3v) is 4.06. The van der Waals surface area contributed by atoms with Crippen LogP contribution in [0.4, 0.5) is 18.3 Å². The van der Waals surface area contributed by atoms with Crippen molar-refractivity contribution >= 4 is 16.7 Å². The predicted octanol–water partition coefficient (Wildman–Crippen LogP) is 2.92. The lowest BCUT2D eigenvalue weighted by Crippen LogP contribution is -2.44. The molecule has 20 heavy (non-hydrogen) atoms. The van der Waals surface area contributed by atoms with E-state index in [1.165, 1.54) is 12.8 Å². The third-order valence-electron chi connectivity index (χ3n) is 3.29. The van der Waals surface area contributed by atoms with Crippen LogP contribution in [-0.4, -0.2) is 35.0 Å². The fraction of sp³-hybridized carbons (Fsp3) is 0.833. The first-order valence-electron chi connectivity index (χ1n) is 6.90. The Labute approximate surface area is 120 Å². The molecule has 1 atom stereocenters. The first-order valence-corrected chi connectivity index (χ1v) is 7.67. The molecule has 4 nitrogen and oxygen atoms in total. The summed E-state index contributed by atoms with van der Waals surface area (Å²) in [6, 6.07) is 0.327. The maximum Gasteiger partial charge on any atom is 0.452 e. The molecule has 0 amide bonds. The average Bonchev–Trinajstić information content (AvgIpc) is 2.89. The number of rotatable bonds is 5. The zero-order valence-electron chi connectivity index (χ0n) is 11.4. The summed E-state index contributed by atoms with van der Waals surface area (Å²) in [5.41, 5.74) is 0. The number of nitrogens with zero attached hydrogens (tertiary/aromatic N) is 3. The normalized spacial score (nSPS) is 20.1. The van der Waals surface area contributed by atoms with E-state index in [4.69, 9.17) is 0 Å². The van der Waals surface area contributed by atoms with Gasteiger partial charge in [0.05, 0.1) is 0 Å². The average molecular weight is 308 g/mol. The molecule has 0 radical (unpaired) electrons. The zero-order valence-corrected chi connectivity index (χ0v) is 12.2. The highest BCUT2D eigenvalue weighted by molar-refractivity contribution is 7.09. The van der Waals surface area contributed by atoms with Gasteiger partial charge >= 0.3 is 6.18 Å². The van der Waals surface area contributed by atoms with Gasteiger partial charge in [-0.15, -0.1) is 0 Å². The Morgan fingerprint density at radius 2 is 2.20 bits per heavy atom. The molecule has 0 bridgehead atoms. The second kappa shape index (κ2) is 6.71. The minimum Gasteiger partial charge on any atom is -0.345 e. The molecule has 0 saturated carbocycles. The van der Waals surface area contributed by atoms with Crippen molar-refractivity contribution in [1.82, 2.24) is 14.7 Å². The second-order valence-electron chi connectivity index (χ2n) is 4.99. The summed E-state index contributed by atoms with van der Waals surface area (Å²) in [5, 5.41) is 3.77. The number of nitrogens with one attached hydrogen (secondary N) is 1. The van der Waals surface area contributed by atoms with E-state index in [2.05, 4.69) is 14.7 Å².